The van der Waals surface area contributed by atoms with E-state index < -0.39 is 0 Å². The summed E-state index contributed by atoms with van der Waals surface area (Å²) in [5.41, 5.74) is 0.868. The van der Waals surface area contributed by atoms with E-state index in [1.807, 2.05) is 17.8 Å². The Morgan fingerprint density at radius 3 is 2.41 bits per heavy atom. The topological polar surface area (TPSA) is 39.9 Å². The van der Waals surface area contributed by atoms with Crippen LogP contribution in [0, 0.1) is 6.92 Å². The van der Waals surface area contributed by atoms with Crippen molar-refractivity contribution in [1.29, 1.82) is 0 Å². The van der Waals surface area contributed by atoms with E-state index >= 15 is 0 Å². The van der Waals surface area contributed by atoms with Crippen LogP contribution in [0.4, 0.5) is 0 Å². The zero-order chi connectivity index (χ0) is 13.1. The summed E-state index contributed by atoms with van der Waals surface area (Å²) in [5, 5.41) is 8.16. The summed E-state index contributed by atoms with van der Waals surface area (Å²) in [6.45, 7) is 13.4. The molecule has 0 aromatic carbocycles. The number of rotatable bonds is 6. The molecular formula is C13H25N3O. The molecule has 0 aliphatic heterocycles. The molecule has 0 unspecified atom stereocenters. The maximum Gasteiger partial charge on any atom is 0.0796 e. The van der Waals surface area contributed by atoms with Gasteiger partial charge in [-0.25, -0.2) is 4.68 Å². The monoisotopic (exact) mass is 239 g/mol. The van der Waals surface area contributed by atoms with Gasteiger partial charge >= 0.3 is 0 Å². The molecule has 0 atom stereocenters. The molecule has 0 N–H and O–H groups in total. The molecule has 98 valence electrons. The molecule has 0 spiro atoms. The van der Waals surface area contributed by atoms with Gasteiger partial charge in [0, 0.05) is 12.8 Å². The Kier molecular flexibility index (Phi) is 4.31. The Morgan fingerprint density at radius 1 is 1.29 bits per heavy atom. The highest BCUT2D eigenvalue weighted by atomic mass is 16.5. The summed E-state index contributed by atoms with van der Waals surface area (Å²) in [6.07, 6.45) is 3.93. The summed E-state index contributed by atoms with van der Waals surface area (Å²) in [6, 6.07) is 0. The second kappa shape index (κ2) is 5.17. The van der Waals surface area contributed by atoms with Crippen LogP contribution in [0.25, 0.3) is 0 Å². The maximum absolute atomic E-state index is 5.88. The highest BCUT2D eigenvalue weighted by molar-refractivity contribution is 4.91. The Hall–Kier alpha value is -0.900. The van der Waals surface area contributed by atoms with E-state index in [2.05, 4.69) is 44.9 Å². The van der Waals surface area contributed by atoms with Crippen LogP contribution in [0.5, 0.6) is 0 Å². The lowest BCUT2D eigenvalue weighted by molar-refractivity contribution is -0.0309. The molecule has 0 aliphatic rings. The van der Waals surface area contributed by atoms with Crippen molar-refractivity contribution in [3.05, 3.63) is 11.9 Å². The van der Waals surface area contributed by atoms with Crippen molar-refractivity contribution in [2.45, 2.75) is 65.5 Å². The minimum absolute atomic E-state index is 0.0334. The summed E-state index contributed by atoms with van der Waals surface area (Å²) < 4.78 is 7.80. The quantitative estimate of drug-likeness (QED) is 0.766. The third kappa shape index (κ3) is 4.11. The zero-order valence-corrected chi connectivity index (χ0v) is 11.9. The second-order valence-corrected chi connectivity index (χ2v) is 5.83. The Balaban J connectivity index is 2.51. The third-order valence-electron chi connectivity index (χ3n) is 3.29. The molecule has 1 aromatic rings. The van der Waals surface area contributed by atoms with Crippen LogP contribution in [0.15, 0.2) is 6.20 Å². The van der Waals surface area contributed by atoms with Crippen molar-refractivity contribution in [2.75, 3.05) is 6.61 Å². The molecule has 0 radical (unpaired) electrons. The summed E-state index contributed by atoms with van der Waals surface area (Å²) in [5.74, 6) is 0. The van der Waals surface area contributed by atoms with Gasteiger partial charge < -0.3 is 4.74 Å². The molecule has 0 amide bonds. The van der Waals surface area contributed by atoms with E-state index in [-0.39, 0.29) is 11.1 Å². The molecule has 0 fully saturated rings. The molecule has 0 aliphatic carbocycles. The smallest absolute Gasteiger partial charge is 0.0796 e. The van der Waals surface area contributed by atoms with Crippen LogP contribution >= 0.6 is 0 Å². The van der Waals surface area contributed by atoms with E-state index in [1.165, 1.54) is 0 Å². The van der Waals surface area contributed by atoms with Gasteiger partial charge in [0.1, 0.15) is 0 Å². The van der Waals surface area contributed by atoms with Gasteiger partial charge in [0.2, 0.25) is 0 Å². The fourth-order valence-corrected chi connectivity index (χ4v) is 1.44. The fourth-order valence-electron chi connectivity index (χ4n) is 1.44. The standard InChI is InChI=1S/C13H25N3O/c1-7-13(5,6)17-9-8-12(3,4)16-10-11(2)14-15-16/h10H,7-9H2,1-6H3. The molecular weight excluding hydrogens is 214 g/mol. The highest BCUT2D eigenvalue weighted by Crippen LogP contribution is 2.21. The van der Waals surface area contributed by atoms with Gasteiger partial charge in [0.15, 0.2) is 0 Å². The summed E-state index contributed by atoms with van der Waals surface area (Å²) in [7, 11) is 0. The first-order chi connectivity index (χ1) is 7.77. The first-order valence-corrected chi connectivity index (χ1v) is 6.30. The minimum atomic E-state index is -0.0505. The van der Waals surface area contributed by atoms with Crippen molar-refractivity contribution in [2.24, 2.45) is 0 Å². The molecule has 17 heavy (non-hydrogen) atoms. The van der Waals surface area contributed by atoms with Crippen LogP contribution in [-0.2, 0) is 10.3 Å². The summed E-state index contributed by atoms with van der Waals surface area (Å²) >= 11 is 0. The molecule has 1 heterocycles. The lowest BCUT2D eigenvalue weighted by Crippen LogP contribution is -2.31. The molecule has 4 nitrogen and oxygen atoms in total. The lowest BCUT2D eigenvalue weighted by Gasteiger charge is -2.28. The SMILES string of the molecule is CCC(C)(C)OCCC(C)(C)n1cc(C)nn1. The predicted octanol–water partition coefficient (Wildman–Crippen LogP) is 2.92. The van der Waals surface area contributed by atoms with Gasteiger partial charge in [-0.2, -0.15) is 0 Å². The van der Waals surface area contributed by atoms with Crippen molar-refractivity contribution in [1.82, 2.24) is 15.0 Å². The fraction of sp³-hybridized carbons (Fsp3) is 0.846. The Bertz CT molecular complexity index is 355. The average molecular weight is 239 g/mol. The number of hydrogen-bond donors (Lipinski definition) is 0. The number of aromatic nitrogens is 3. The van der Waals surface area contributed by atoms with Gasteiger partial charge in [-0.15, -0.1) is 5.10 Å². The minimum Gasteiger partial charge on any atom is -0.375 e. The number of aryl methyl sites for hydroxylation is 1. The normalized spacial score (nSPS) is 13.1. The van der Waals surface area contributed by atoms with E-state index in [0.717, 1.165) is 25.1 Å². The van der Waals surface area contributed by atoms with Crippen LogP contribution in [0.3, 0.4) is 0 Å². The van der Waals surface area contributed by atoms with Crippen LogP contribution < -0.4 is 0 Å². The zero-order valence-electron chi connectivity index (χ0n) is 11.9. The van der Waals surface area contributed by atoms with Gasteiger partial charge in [0.05, 0.1) is 16.8 Å². The third-order valence-corrected chi connectivity index (χ3v) is 3.29. The first kappa shape index (κ1) is 14.2. The van der Waals surface area contributed by atoms with Crippen molar-refractivity contribution >= 4 is 0 Å². The van der Waals surface area contributed by atoms with E-state index in [9.17, 15) is 0 Å². The molecule has 0 saturated carbocycles. The van der Waals surface area contributed by atoms with Crippen LogP contribution in [-0.4, -0.2) is 27.2 Å². The average Bonchev–Trinajstić information content (AvgIpc) is 2.65. The van der Waals surface area contributed by atoms with Crippen LogP contribution in [0.2, 0.25) is 0 Å². The van der Waals surface area contributed by atoms with Gasteiger partial charge in [0.25, 0.3) is 0 Å². The number of hydrogen-bond acceptors (Lipinski definition) is 3. The van der Waals surface area contributed by atoms with E-state index in [1.54, 1.807) is 0 Å². The van der Waals surface area contributed by atoms with Crippen LogP contribution in [0.1, 0.15) is 53.2 Å². The Morgan fingerprint density at radius 2 is 1.94 bits per heavy atom. The number of nitrogens with zero attached hydrogens (tertiary/aromatic N) is 3. The molecule has 1 rings (SSSR count). The largest absolute Gasteiger partial charge is 0.375 e. The molecule has 0 saturated heterocycles. The van der Waals surface area contributed by atoms with E-state index in [0.29, 0.717) is 0 Å². The van der Waals surface area contributed by atoms with Crippen molar-refractivity contribution in [3.8, 4) is 0 Å². The molecule has 0 bridgehead atoms. The van der Waals surface area contributed by atoms with Crippen molar-refractivity contribution in [3.63, 3.8) is 0 Å². The lowest BCUT2D eigenvalue weighted by atomic mass is 10.0. The van der Waals surface area contributed by atoms with Crippen molar-refractivity contribution < 1.29 is 4.74 Å². The van der Waals surface area contributed by atoms with Gasteiger partial charge in [-0.3, -0.25) is 0 Å². The molecule has 1 aromatic heterocycles. The second-order valence-electron chi connectivity index (χ2n) is 5.83. The highest BCUT2D eigenvalue weighted by Gasteiger charge is 2.23. The summed E-state index contributed by atoms with van der Waals surface area (Å²) in [4.78, 5) is 0. The van der Waals surface area contributed by atoms with E-state index in [4.69, 9.17) is 4.74 Å². The predicted molar refractivity (Wildman–Crippen MR) is 69.0 cm³/mol. The maximum atomic E-state index is 5.88. The number of ether oxygens (including phenoxy) is 1. The Labute approximate surface area is 104 Å². The van der Waals surface area contributed by atoms with Gasteiger partial charge in [-0.1, -0.05) is 12.1 Å². The first-order valence-electron chi connectivity index (χ1n) is 6.30. The van der Waals surface area contributed by atoms with Gasteiger partial charge in [-0.05, 0) is 47.5 Å². The molecule has 4 heteroatoms.